The Morgan fingerprint density at radius 3 is 2.79 bits per heavy atom. The van der Waals surface area contributed by atoms with Crippen LogP contribution in [0.2, 0.25) is 10.0 Å². The van der Waals surface area contributed by atoms with Gasteiger partial charge in [0.1, 0.15) is 4.88 Å². The zero-order valence-electron chi connectivity index (χ0n) is 15.2. The van der Waals surface area contributed by atoms with E-state index in [1.165, 1.54) is 33.1 Å². The minimum absolute atomic E-state index is 0.363. The first kappa shape index (κ1) is 20.3. The lowest BCUT2D eigenvalue weighted by atomic mass is 9.99. The number of nitrogens with zero attached hydrogens (tertiary/aromatic N) is 1. The Bertz CT molecular complexity index is 1050. The molecule has 1 aromatic carbocycles. The molecule has 0 radical (unpaired) electrons. The molecule has 0 aliphatic heterocycles. The fourth-order valence-electron chi connectivity index (χ4n) is 3.10. The molecule has 1 amide bonds. The van der Waals surface area contributed by atoms with Crippen LogP contribution >= 0.6 is 45.9 Å². The Hall–Kier alpha value is -1.93. The fourth-order valence-corrected chi connectivity index (χ4v) is 5.48. The van der Waals surface area contributed by atoms with Gasteiger partial charge >= 0.3 is 5.97 Å². The van der Waals surface area contributed by atoms with Gasteiger partial charge in [-0.2, -0.15) is 0 Å². The van der Waals surface area contributed by atoms with Gasteiger partial charge < -0.3 is 4.74 Å². The monoisotopic (exact) mass is 466 g/mol. The first-order chi connectivity index (χ1) is 14.0. The molecule has 0 bridgehead atoms. The predicted molar refractivity (Wildman–Crippen MR) is 117 cm³/mol. The van der Waals surface area contributed by atoms with Gasteiger partial charge in [0, 0.05) is 20.8 Å². The van der Waals surface area contributed by atoms with Crippen LogP contribution < -0.4 is 5.32 Å². The summed E-state index contributed by atoms with van der Waals surface area (Å²) in [4.78, 5) is 30.6. The third kappa shape index (κ3) is 4.80. The van der Waals surface area contributed by atoms with Crippen LogP contribution in [0.3, 0.4) is 0 Å². The van der Waals surface area contributed by atoms with Crippen molar-refractivity contribution < 1.29 is 14.3 Å². The van der Waals surface area contributed by atoms with E-state index < -0.39 is 11.9 Å². The molecule has 2 aromatic heterocycles. The quantitative estimate of drug-likeness (QED) is 0.478. The van der Waals surface area contributed by atoms with Gasteiger partial charge in [-0.05, 0) is 55.5 Å². The van der Waals surface area contributed by atoms with Crippen molar-refractivity contribution in [2.24, 2.45) is 0 Å². The highest BCUT2D eigenvalue weighted by molar-refractivity contribution is 7.14. The molecule has 150 valence electrons. The molecular formula is C20H16Cl2N2O3S2. The van der Waals surface area contributed by atoms with E-state index in [1.54, 1.807) is 23.6 Å². The molecule has 2 heterocycles. The van der Waals surface area contributed by atoms with E-state index in [0.29, 0.717) is 25.7 Å². The maximum absolute atomic E-state index is 12.2. The summed E-state index contributed by atoms with van der Waals surface area (Å²) in [5.74, 6) is -0.907. The molecule has 0 saturated carbocycles. The van der Waals surface area contributed by atoms with Crippen molar-refractivity contribution in [3.8, 4) is 11.3 Å². The zero-order chi connectivity index (χ0) is 20.4. The van der Waals surface area contributed by atoms with Crippen LogP contribution in [-0.2, 0) is 22.4 Å². The highest BCUT2D eigenvalue weighted by Gasteiger charge is 2.19. The second-order valence-electron chi connectivity index (χ2n) is 6.55. The molecule has 0 unspecified atom stereocenters. The highest BCUT2D eigenvalue weighted by atomic mass is 35.5. The number of fused-ring (bicyclic) bond motifs is 1. The number of esters is 1. The molecule has 9 heteroatoms. The number of thiophene rings is 1. The van der Waals surface area contributed by atoms with E-state index in [2.05, 4.69) is 10.3 Å². The number of hydrogen-bond donors (Lipinski definition) is 1. The molecule has 0 fully saturated rings. The summed E-state index contributed by atoms with van der Waals surface area (Å²) >= 11 is 14.8. The van der Waals surface area contributed by atoms with E-state index in [-0.39, 0.29) is 6.61 Å². The number of aromatic nitrogens is 1. The number of carbonyl (C=O) groups excluding carboxylic acids is 2. The first-order valence-corrected chi connectivity index (χ1v) is 11.4. The van der Waals surface area contributed by atoms with Crippen molar-refractivity contribution in [2.75, 3.05) is 11.9 Å². The Balaban J connectivity index is 1.33. The van der Waals surface area contributed by atoms with E-state index >= 15 is 0 Å². The molecular weight excluding hydrogens is 451 g/mol. The standard InChI is InChI=1S/C20H16Cl2N2O3S2/c21-12-5-6-13(14(22)8-12)15-10-28-20(23-15)24-18(25)9-27-19(26)17-7-11-3-1-2-4-16(11)29-17/h5-8,10H,1-4,9H2,(H,23,24,25). The number of aryl methyl sites for hydroxylation is 2. The van der Waals surface area contributed by atoms with Gasteiger partial charge in [-0.3, -0.25) is 10.1 Å². The third-order valence-corrected chi connectivity index (χ3v) is 7.01. The van der Waals surface area contributed by atoms with Crippen molar-refractivity contribution in [1.82, 2.24) is 4.98 Å². The molecule has 29 heavy (non-hydrogen) atoms. The van der Waals surface area contributed by atoms with Crippen molar-refractivity contribution in [2.45, 2.75) is 25.7 Å². The van der Waals surface area contributed by atoms with Crippen LogP contribution in [0.5, 0.6) is 0 Å². The van der Waals surface area contributed by atoms with E-state index in [1.807, 2.05) is 6.07 Å². The molecule has 5 nitrogen and oxygen atoms in total. The molecule has 3 aromatic rings. The van der Waals surface area contributed by atoms with Gasteiger partial charge in [0.2, 0.25) is 0 Å². The third-order valence-electron chi connectivity index (χ3n) is 4.49. The van der Waals surface area contributed by atoms with Gasteiger partial charge in [0.15, 0.2) is 11.7 Å². The van der Waals surface area contributed by atoms with Crippen LogP contribution in [0.15, 0.2) is 29.6 Å². The number of rotatable bonds is 5. The van der Waals surface area contributed by atoms with Crippen LogP contribution in [0.25, 0.3) is 11.3 Å². The normalized spacial score (nSPS) is 13.0. The fraction of sp³-hybridized carbons (Fsp3) is 0.250. The number of amides is 1. The largest absolute Gasteiger partial charge is 0.451 e. The number of ether oxygens (including phenoxy) is 1. The van der Waals surface area contributed by atoms with E-state index in [0.717, 1.165) is 31.2 Å². The molecule has 0 saturated heterocycles. The van der Waals surface area contributed by atoms with Crippen molar-refractivity contribution in [1.29, 1.82) is 0 Å². The molecule has 0 atom stereocenters. The topological polar surface area (TPSA) is 68.3 Å². The molecule has 1 aliphatic carbocycles. The van der Waals surface area contributed by atoms with Gasteiger partial charge in [-0.25, -0.2) is 9.78 Å². The number of carbonyl (C=O) groups is 2. The maximum Gasteiger partial charge on any atom is 0.348 e. The number of hydrogen-bond acceptors (Lipinski definition) is 6. The molecule has 1 aliphatic rings. The summed E-state index contributed by atoms with van der Waals surface area (Å²) < 4.78 is 5.16. The minimum atomic E-state index is -0.465. The minimum Gasteiger partial charge on any atom is -0.451 e. The summed E-state index contributed by atoms with van der Waals surface area (Å²) in [6.45, 7) is -0.363. The predicted octanol–water partition coefficient (Wildman–Crippen LogP) is 5.85. The van der Waals surface area contributed by atoms with Crippen molar-refractivity contribution in [3.63, 3.8) is 0 Å². The number of benzene rings is 1. The smallest absolute Gasteiger partial charge is 0.348 e. The van der Waals surface area contributed by atoms with Crippen LogP contribution in [-0.4, -0.2) is 23.5 Å². The lowest BCUT2D eigenvalue weighted by Gasteiger charge is -2.08. The van der Waals surface area contributed by atoms with Gasteiger partial charge in [0.05, 0.1) is 10.7 Å². The molecule has 4 rings (SSSR count). The molecule has 1 N–H and O–H groups in total. The second kappa shape index (κ2) is 8.83. The highest BCUT2D eigenvalue weighted by Crippen LogP contribution is 2.32. The Morgan fingerprint density at radius 2 is 2.00 bits per heavy atom. The summed E-state index contributed by atoms with van der Waals surface area (Å²) in [6, 6.07) is 7.02. The van der Waals surface area contributed by atoms with Crippen molar-refractivity contribution >= 4 is 62.9 Å². The van der Waals surface area contributed by atoms with Crippen LogP contribution in [0.1, 0.15) is 33.0 Å². The lowest BCUT2D eigenvalue weighted by molar-refractivity contribution is -0.119. The summed E-state index contributed by atoms with van der Waals surface area (Å²) in [7, 11) is 0. The van der Waals surface area contributed by atoms with E-state index in [9.17, 15) is 9.59 Å². The number of anilines is 1. The average molecular weight is 467 g/mol. The van der Waals surface area contributed by atoms with Crippen LogP contribution in [0, 0.1) is 0 Å². The SMILES string of the molecule is O=C(COC(=O)c1cc2c(s1)CCCC2)Nc1nc(-c2ccc(Cl)cc2Cl)cs1. The molecule has 0 spiro atoms. The van der Waals surface area contributed by atoms with E-state index in [4.69, 9.17) is 27.9 Å². The van der Waals surface area contributed by atoms with Gasteiger partial charge in [0.25, 0.3) is 5.91 Å². The number of thiazole rings is 1. The second-order valence-corrected chi connectivity index (χ2v) is 9.39. The van der Waals surface area contributed by atoms with Gasteiger partial charge in [-0.1, -0.05) is 23.2 Å². The lowest BCUT2D eigenvalue weighted by Crippen LogP contribution is -2.20. The van der Waals surface area contributed by atoms with Crippen LogP contribution in [0.4, 0.5) is 5.13 Å². The Morgan fingerprint density at radius 1 is 1.17 bits per heavy atom. The average Bonchev–Trinajstić information content (AvgIpc) is 3.33. The number of halogens is 2. The summed E-state index contributed by atoms with van der Waals surface area (Å²) in [5.41, 5.74) is 2.59. The number of nitrogens with one attached hydrogen (secondary N) is 1. The maximum atomic E-state index is 12.2. The van der Waals surface area contributed by atoms with Gasteiger partial charge in [-0.15, -0.1) is 22.7 Å². The Kier molecular flexibility index (Phi) is 6.20. The zero-order valence-corrected chi connectivity index (χ0v) is 18.3. The summed E-state index contributed by atoms with van der Waals surface area (Å²) in [5, 5.41) is 5.85. The Labute approximate surface area is 185 Å². The summed E-state index contributed by atoms with van der Waals surface area (Å²) in [6.07, 6.45) is 4.32. The first-order valence-electron chi connectivity index (χ1n) is 8.99. The van der Waals surface area contributed by atoms with Crippen molar-refractivity contribution in [3.05, 3.63) is 55.0 Å².